The molecule has 2 N–H and O–H groups in total. The summed E-state index contributed by atoms with van der Waals surface area (Å²) in [5, 5.41) is 0. The van der Waals surface area contributed by atoms with Gasteiger partial charge in [0.2, 0.25) is 5.92 Å². The predicted octanol–water partition coefficient (Wildman–Crippen LogP) is 4.56. The first kappa shape index (κ1) is 13.1. The van der Waals surface area contributed by atoms with Crippen LogP contribution in [0.25, 0.3) is 0 Å². The molecule has 0 aliphatic heterocycles. The molecule has 0 bridgehead atoms. The smallest absolute Gasteiger partial charge is 0.248 e. The summed E-state index contributed by atoms with van der Waals surface area (Å²) in [6.45, 7) is 0. The molecule has 94 valence electrons. The van der Waals surface area contributed by atoms with E-state index >= 15 is 0 Å². The maximum absolute atomic E-state index is 13.0. The average Bonchev–Trinajstić information content (AvgIpc) is 2.57. The number of benzene rings is 1. The number of halogens is 3. The zero-order valence-corrected chi connectivity index (χ0v) is 11.7. The Morgan fingerprint density at radius 1 is 1.47 bits per heavy atom. The third-order valence-electron chi connectivity index (χ3n) is 2.94. The maximum Gasteiger partial charge on any atom is 0.248 e. The number of thioether (sulfide) groups is 1. The lowest BCUT2D eigenvalue weighted by Crippen LogP contribution is -2.10. The summed E-state index contributed by atoms with van der Waals surface area (Å²) in [5.41, 5.74) is 6.35. The van der Waals surface area contributed by atoms with Gasteiger partial charge < -0.3 is 5.73 Å². The highest BCUT2D eigenvalue weighted by atomic mass is 79.9. The van der Waals surface area contributed by atoms with E-state index in [2.05, 4.69) is 15.9 Å². The molecule has 1 unspecified atom stereocenters. The van der Waals surface area contributed by atoms with Gasteiger partial charge in [0, 0.05) is 33.7 Å². The van der Waals surface area contributed by atoms with Crippen molar-refractivity contribution in [3.63, 3.8) is 0 Å². The molecule has 1 aliphatic rings. The van der Waals surface area contributed by atoms with Crippen LogP contribution in [0.5, 0.6) is 0 Å². The largest absolute Gasteiger partial charge is 0.399 e. The fraction of sp³-hybridized carbons (Fsp3) is 0.500. The molecule has 1 saturated carbocycles. The summed E-state index contributed by atoms with van der Waals surface area (Å²) in [7, 11) is 0. The Hall–Kier alpha value is -0.290. The fourth-order valence-corrected chi connectivity index (χ4v) is 3.83. The van der Waals surface area contributed by atoms with Crippen molar-refractivity contribution in [1.82, 2.24) is 0 Å². The fourth-order valence-electron chi connectivity index (χ4n) is 2.03. The van der Waals surface area contributed by atoms with Crippen molar-refractivity contribution in [1.29, 1.82) is 0 Å². The Bertz CT molecular complexity index is 411. The molecule has 5 heteroatoms. The second-order valence-corrected chi connectivity index (χ2v) is 6.38. The molecule has 0 amide bonds. The minimum atomic E-state index is -2.44. The second kappa shape index (κ2) is 5.14. The quantitative estimate of drug-likeness (QED) is 0.652. The average molecular weight is 322 g/mol. The van der Waals surface area contributed by atoms with Gasteiger partial charge in [-0.15, -0.1) is 11.8 Å². The molecule has 0 radical (unpaired) electrons. The van der Waals surface area contributed by atoms with Crippen molar-refractivity contribution in [3.05, 3.63) is 22.7 Å². The highest BCUT2D eigenvalue weighted by Crippen LogP contribution is 2.41. The Balaban J connectivity index is 1.90. The highest BCUT2D eigenvalue weighted by Gasteiger charge is 2.39. The Kier molecular flexibility index (Phi) is 3.98. The van der Waals surface area contributed by atoms with Crippen molar-refractivity contribution in [2.24, 2.45) is 5.92 Å². The first-order chi connectivity index (χ1) is 7.96. The minimum absolute atomic E-state index is 0.0343. The Morgan fingerprint density at radius 2 is 2.24 bits per heavy atom. The van der Waals surface area contributed by atoms with E-state index in [0.717, 1.165) is 15.1 Å². The second-order valence-electron chi connectivity index (χ2n) is 4.47. The standard InChI is InChI=1S/C12H14BrF2NS/c13-10-5-9(16)1-2-11(10)17-7-8-3-4-12(14,15)6-8/h1-2,5,8H,3-4,6-7,16H2. The van der Waals surface area contributed by atoms with Gasteiger partial charge in [0.25, 0.3) is 0 Å². The van der Waals surface area contributed by atoms with Gasteiger partial charge in [-0.1, -0.05) is 0 Å². The van der Waals surface area contributed by atoms with Crippen molar-refractivity contribution in [2.45, 2.75) is 30.1 Å². The SMILES string of the molecule is Nc1ccc(SCC2CCC(F)(F)C2)c(Br)c1. The number of rotatable bonds is 3. The molecule has 0 spiro atoms. The van der Waals surface area contributed by atoms with E-state index in [1.54, 1.807) is 11.8 Å². The van der Waals surface area contributed by atoms with Crippen LogP contribution in [-0.2, 0) is 0 Å². The number of anilines is 1. The van der Waals surface area contributed by atoms with Crippen LogP contribution in [0.4, 0.5) is 14.5 Å². The van der Waals surface area contributed by atoms with Gasteiger partial charge in [-0.2, -0.15) is 0 Å². The lowest BCUT2D eigenvalue weighted by atomic mass is 10.1. The van der Waals surface area contributed by atoms with E-state index in [1.807, 2.05) is 18.2 Å². The Labute approximate surface area is 112 Å². The zero-order chi connectivity index (χ0) is 12.5. The summed E-state index contributed by atoms with van der Waals surface area (Å²) in [5.74, 6) is -1.57. The molecule has 1 aromatic rings. The molecule has 1 nitrogen and oxygen atoms in total. The molecule has 1 fully saturated rings. The van der Waals surface area contributed by atoms with Gasteiger partial charge in [0.05, 0.1) is 0 Å². The molecule has 1 aliphatic carbocycles. The van der Waals surface area contributed by atoms with Crippen molar-refractivity contribution in [2.75, 3.05) is 11.5 Å². The summed E-state index contributed by atoms with van der Waals surface area (Å²) in [6.07, 6.45) is 0.709. The lowest BCUT2D eigenvalue weighted by molar-refractivity contribution is 0.00596. The van der Waals surface area contributed by atoms with Crippen molar-refractivity contribution in [3.8, 4) is 0 Å². The predicted molar refractivity (Wildman–Crippen MR) is 71.6 cm³/mol. The monoisotopic (exact) mass is 321 g/mol. The highest BCUT2D eigenvalue weighted by molar-refractivity contribution is 9.10. The third kappa shape index (κ3) is 3.58. The molecule has 1 atom stereocenters. The van der Waals surface area contributed by atoms with E-state index in [-0.39, 0.29) is 18.8 Å². The number of nitrogens with two attached hydrogens (primary N) is 1. The van der Waals surface area contributed by atoms with E-state index in [4.69, 9.17) is 5.73 Å². The first-order valence-electron chi connectivity index (χ1n) is 5.52. The number of hydrogen-bond acceptors (Lipinski definition) is 2. The van der Waals surface area contributed by atoms with Crippen LogP contribution in [0.3, 0.4) is 0 Å². The normalized spacial score (nSPS) is 22.9. The first-order valence-corrected chi connectivity index (χ1v) is 7.30. The van der Waals surface area contributed by atoms with Crippen LogP contribution >= 0.6 is 27.7 Å². The molecule has 2 rings (SSSR count). The maximum atomic E-state index is 13.0. The van der Waals surface area contributed by atoms with Gasteiger partial charge in [0.1, 0.15) is 0 Å². The van der Waals surface area contributed by atoms with Gasteiger partial charge in [0.15, 0.2) is 0 Å². The molecule has 17 heavy (non-hydrogen) atoms. The van der Waals surface area contributed by atoms with Crippen LogP contribution in [-0.4, -0.2) is 11.7 Å². The van der Waals surface area contributed by atoms with Gasteiger partial charge in [-0.05, 0) is 46.5 Å². The molecule has 0 heterocycles. The Morgan fingerprint density at radius 3 is 2.82 bits per heavy atom. The lowest BCUT2D eigenvalue weighted by Gasteiger charge is -2.11. The summed E-state index contributed by atoms with van der Waals surface area (Å²) in [4.78, 5) is 1.06. The van der Waals surface area contributed by atoms with E-state index in [9.17, 15) is 8.78 Å². The molecular weight excluding hydrogens is 308 g/mol. The number of nitrogen functional groups attached to an aromatic ring is 1. The molecule has 0 aromatic heterocycles. The van der Waals surface area contributed by atoms with Crippen molar-refractivity contribution >= 4 is 33.4 Å². The zero-order valence-electron chi connectivity index (χ0n) is 9.26. The van der Waals surface area contributed by atoms with E-state index in [0.29, 0.717) is 12.1 Å². The van der Waals surface area contributed by atoms with Gasteiger partial charge in [-0.25, -0.2) is 8.78 Å². The van der Waals surface area contributed by atoms with Crippen LogP contribution in [0, 0.1) is 5.92 Å². The van der Waals surface area contributed by atoms with Crippen LogP contribution < -0.4 is 5.73 Å². The van der Waals surface area contributed by atoms with Crippen molar-refractivity contribution < 1.29 is 8.78 Å². The van der Waals surface area contributed by atoms with Crippen LogP contribution in [0.1, 0.15) is 19.3 Å². The van der Waals surface area contributed by atoms with Gasteiger partial charge in [-0.3, -0.25) is 0 Å². The topological polar surface area (TPSA) is 26.0 Å². The van der Waals surface area contributed by atoms with Crippen LogP contribution in [0.15, 0.2) is 27.6 Å². The molecule has 1 aromatic carbocycles. The number of hydrogen-bond donors (Lipinski definition) is 1. The van der Waals surface area contributed by atoms with E-state index in [1.165, 1.54) is 0 Å². The van der Waals surface area contributed by atoms with E-state index < -0.39 is 5.92 Å². The summed E-state index contributed by atoms with van der Waals surface area (Å²) >= 11 is 5.05. The minimum Gasteiger partial charge on any atom is -0.399 e. The third-order valence-corrected chi connectivity index (χ3v) is 5.16. The van der Waals surface area contributed by atoms with Gasteiger partial charge >= 0.3 is 0 Å². The molecule has 0 saturated heterocycles. The summed E-state index contributed by atoms with van der Waals surface area (Å²) < 4.78 is 27.0. The molecular formula is C12H14BrF2NS. The summed E-state index contributed by atoms with van der Waals surface area (Å²) in [6, 6.07) is 5.60. The number of alkyl halides is 2. The van der Waals surface area contributed by atoms with Crippen LogP contribution in [0.2, 0.25) is 0 Å².